The van der Waals surface area contributed by atoms with E-state index in [0.29, 0.717) is 35.6 Å². The number of amides is 1. The smallest absolute Gasteiger partial charge is 0.259 e. The molecule has 0 spiro atoms. The highest BCUT2D eigenvalue weighted by molar-refractivity contribution is 5.96. The van der Waals surface area contributed by atoms with Crippen molar-refractivity contribution in [3.05, 3.63) is 17.0 Å². The predicted octanol–water partition coefficient (Wildman–Crippen LogP) is 1.34. The molecule has 7 nitrogen and oxygen atoms in total. The molecule has 3 heterocycles. The van der Waals surface area contributed by atoms with Crippen molar-refractivity contribution >= 4 is 5.91 Å². The molecule has 2 N–H and O–H groups in total. The molecule has 2 saturated heterocycles. The quantitative estimate of drug-likeness (QED) is 0.862. The van der Waals surface area contributed by atoms with Gasteiger partial charge in [-0.3, -0.25) is 9.69 Å². The molecule has 0 atom stereocenters. The molecule has 0 bridgehead atoms. The third kappa shape index (κ3) is 4.04. The number of piperidine rings is 1. The molecule has 0 unspecified atom stereocenters. The van der Waals surface area contributed by atoms with Crippen LogP contribution in [0.15, 0.2) is 4.52 Å². The van der Waals surface area contributed by atoms with Crippen molar-refractivity contribution in [3.63, 3.8) is 0 Å². The van der Waals surface area contributed by atoms with Crippen LogP contribution in [0.3, 0.4) is 0 Å². The van der Waals surface area contributed by atoms with Gasteiger partial charge < -0.3 is 19.9 Å². The number of ether oxygens (including phenoxy) is 1. The molecule has 7 heteroatoms. The number of rotatable bonds is 5. The first-order valence-electron chi connectivity index (χ1n) is 9.37. The predicted molar refractivity (Wildman–Crippen MR) is 94.5 cm³/mol. The van der Waals surface area contributed by atoms with Crippen LogP contribution in [0.4, 0.5) is 0 Å². The number of aryl methyl sites for hydroxylation is 2. The maximum atomic E-state index is 12.8. The van der Waals surface area contributed by atoms with Gasteiger partial charge in [0.05, 0.1) is 5.69 Å². The Hall–Kier alpha value is -1.44. The van der Waals surface area contributed by atoms with E-state index in [2.05, 4.69) is 10.1 Å². The lowest BCUT2D eigenvalue weighted by atomic mass is 9.97. The third-order valence-corrected chi connectivity index (χ3v) is 5.52. The van der Waals surface area contributed by atoms with Crippen LogP contribution in [0.2, 0.25) is 0 Å². The highest BCUT2D eigenvalue weighted by atomic mass is 16.5. The van der Waals surface area contributed by atoms with Gasteiger partial charge in [-0.1, -0.05) is 5.16 Å². The SMILES string of the molecule is Cc1noc(C)c1C(=O)N1CCC(N(CCN)C2CCOCC2)CC1. The molecular weight excluding hydrogens is 320 g/mol. The summed E-state index contributed by atoms with van der Waals surface area (Å²) in [5.74, 6) is 0.655. The van der Waals surface area contributed by atoms with Crippen LogP contribution in [0.1, 0.15) is 47.5 Å². The van der Waals surface area contributed by atoms with Crippen LogP contribution in [-0.4, -0.2) is 72.3 Å². The first-order valence-corrected chi connectivity index (χ1v) is 9.37. The molecule has 0 aliphatic carbocycles. The average Bonchev–Trinajstić information content (AvgIpc) is 2.98. The van der Waals surface area contributed by atoms with Crippen LogP contribution in [0.5, 0.6) is 0 Å². The standard InChI is InChI=1S/C18H30N4O3/c1-13-17(14(2)25-20-13)18(23)21-8-3-15(4-9-21)22(10-7-19)16-5-11-24-12-6-16/h15-16H,3-12,19H2,1-2H3. The van der Waals surface area contributed by atoms with Gasteiger partial charge in [0.25, 0.3) is 5.91 Å². The molecule has 0 aromatic carbocycles. The molecule has 140 valence electrons. The number of likely N-dealkylation sites (tertiary alicyclic amines) is 1. The van der Waals surface area contributed by atoms with E-state index in [1.165, 1.54) is 0 Å². The van der Waals surface area contributed by atoms with E-state index >= 15 is 0 Å². The minimum absolute atomic E-state index is 0.0474. The van der Waals surface area contributed by atoms with Gasteiger partial charge in [0.15, 0.2) is 0 Å². The summed E-state index contributed by atoms with van der Waals surface area (Å²) >= 11 is 0. The first-order chi connectivity index (χ1) is 12.1. The number of nitrogens with zero attached hydrogens (tertiary/aromatic N) is 3. The Morgan fingerprint density at radius 2 is 1.84 bits per heavy atom. The maximum absolute atomic E-state index is 12.8. The average molecular weight is 350 g/mol. The zero-order valence-corrected chi connectivity index (χ0v) is 15.4. The summed E-state index contributed by atoms with van der Waals surface area (Å²) in [6.45, 7) is 8.46. The fraction of sp³-hybridized carbons (Fsp3) is 0.778. The third-order valence-electron chi connectivity index (χ3n) is 5.52. The minimum atomic E-state index is 0.0474. The number of hydrogen-bond acceptors (Lipinski definition) is 6. The van der Waals surface area contributed by atoms with Crippen molar-refractivity contribution in [1.29, 1.82) is 0 Å². The van der Waals surface area contributed by atoms with E-state index in [9.17, 15) is 4.79 Å². The van der Waals surface area contributed by atoms with Crippen molar-refractivity contribution in [2.24, 2.45) is 5.73 Å². The van der Waals surface area contributed by atoms with Gasteiger partial charge in [0.2, 0.25) is 0 Å². The summed E-state index contributed by atoms with van der Waals surface area (Å²) in [4.78, 5) is 17.3. The van der Waals surface area contributed by atoms with E-state index in [-0.39, 0.29) is 5.91 Å². The van der Waals surface area contributed by atoms with E-state index < -0.39 is 0 Å². The second kappa shape index (κ2) is 8.29. The van der Waals surface area contributed by atoms with Crippen LogP contribution < -0.4 is 5.73 Å². The highest BCUT2D eigenvalue weighted by Crippen LogP contribution is 2.25. The second-order valence-corrected chi connectivity index (χ2v) is 7.09. The molecule has 2 aliphatic heterocycles. The number of aromatic nitrogens is 1. The summed E-state index contributed by atoms with van der Waals surface area (Å²) < 4.78 is 10.6. The lowest BCUT2D eigenvalue weighted by molar-refractivity contribution is 0.00415. The summed E-state index contributed by atoms with van der Waals surface area (Å²) in [6, 6.07) is 1.06. The lowest BCUT2D eigenvalue weighted by Gasteiger charge is -2.43. The molecule has 25 heavy (non-hydrogen) atoms. The zero-order chi connectivity index (χ0) is 17.8. The lowest BCUT2D eigenvalue weighted by Crippen LogP contribution is -2.52. The minimum Gasteiger partial charge on any atom is -0.381 e. The molecule has 1 aromatic rings. The number of nitrogens with two attached hydrogens (primary N) is 1. The number of carbonyl (C=O) groups is 1. The molecular formula is C18H30N4O3. The topological polar surface area (TPSA) is 84.8 Å². The van der Waals surface area contributed by atoms with Crippen molar-refractivity contribution in [3.8, 4) is 0 Å². The Balaban J connectivity index is 1.61. The molecule has 2 fully saturated rings. The molecule has 3 rings (SSSR count). The van der Waals surface area contributed by atoms with Gasteiger partial charge in [-0.15, -0.1) is 0 Å². The van der Waals surface area contributed by atoms with Gasteiger partial charge in [0, 0.05) is 51.5 Å². The fourth-order valence-electron chi connectivity index (χ4n) is 4.18. The largest absolute Gasteiger partial charge is 0.381 e. The van der Waals surface area contributed by atoms with E-state index in [1.807, 2.05) is 11.8 Å². The Morgan fingerprint density at radius 1 is 1.20 bits per heavy atom. The van der Waals surface area contributed by atoms with Crippen molar-refractivity contribution in [2.75, 3.05) is 39.4 Å². The van der Waals surface area contributed by atoms with E-state index in [1.54, 1.807) is 6.92 Å². The maximum Gasteiger partial charge on any atom is 0.259 e. The van der Waals surface area contributed by atoms with Gasteiger partial charge in [-0.05, 0) is 39.5 Å². The fourth-order valence-corrected chi connectivity index (χ4v) is 4.18. The number of hydrogen-bond donors (Lipinski definition) is 1. The molecule has 2 aliphatic rings. The normalized spacial score (nSPS) is 20.4. The Labute approximate surface area is 149 Å². The molecule has 1 aromatic heterocycles. The van der Waals surface area contributed by atoms with Crippen LogP contribution in [-0.2, 0) is 4.74 Å². The molecule has 0 radical (unpaired) electrons. The summed E-state index contributed by atoms with van der Waals surface area (Å²) in [5.41, 5.74) is 7.16. The summed E-state index contributed by atoms with van der Waals surface area (Å²) in [5, 5.41) is 3.90. The Bertz CT molecular complexity index is 555. The van der Waals surface area contributed by atoms with Gasteiger partial charge in [-0.25, -0.2) is 0 Å². The van der Waals surface area contributed by atoms with Gasteiger partial charge in [-0.2, -0.15) is 0 Å². The van der Waals surface area contributed by atoms with Crippen LogP contribution in [0, 0.1) is 13.8 Å². The first kappa shape index (κ1) is 18.4. The number of carbonyl (C=O) groups excluding carboxylic acids is 1. The van der Waals surface area contributed by atoms with Crippen LogP contribution in [0.25, 0.3) is 0 Å². The van der Waals surface area contributed by atoms with Gasteiger partial charge in [0.1, 0.15) is 11.3 Å². The van der Waals surface area contributed by atoms with Crippen molar-refractivity contribution in [1.82, 2.24) is 15.0 Å². The second-order valence-electron chi connectivity index (χ2n) is 7.09. The Morgan fingerprint density at radius 3 is 2.40 bits per heavy atom. The van der Waals surface area contributed by atoms with Crippen molar-refractivity contribution < 1.29 is 14.1 Å². The molecule has 0 saturated carbocycles. The summed E-state index contributed by atoms with van der Waals surface area (Å²) in [6.07, 6.45) is 4.15. The summed E-state index contributed by atoms with van der Waals surface area (Å²) in [7, 11) is 0. The van der Waals surface area contributed by atoms with Crippen LogP contribution >= 0.6 is 0 Å². The highest BCUT2D eigenvalue weighted by Gasteiger charge is 2.32. The van der Waals surface area contributed by atoms with E-state index in [0.717, 1.165) is 58.5 Å². The zero-order valence-electron chi connectivity index (χ0n) is 15.4. The Kier molecular flexibility index (Phi) is 6.09. The van der Waals surface area contributed by atoms with Crippen molar-refractivity contribution in [2.45, 2.75) is 51.6 Å². The van der Waals surface area contributed by atoms with Gasteiger partial charge >= 0.3 is 0 Å². The monoisotopic (exact) mass is 350 g/mol. The van der Waals surface area contributed by atoms with E-state index in [4.69, 9.17) is 15.0 Å². The molecule has 1 amide bonds.